The number of amides is 1. The number of carboxylic acids is 1. The predicted molar refractivity (Wildman–Crippen MR) is 77.2 cm³/mol. The van der Waals surface area contributed by atoms with Crippen molar-refractivity contribution in [1.82, 2.24) is 4.90 Å². The molecular weight excluding hydrogens is 254 g/mol. The van der Waals surface area contributed by atoms with Crippen molar-refractivity contribution in [1.29, 1.82) is 0 Å². The molecule has 0 aromatic heterocycles. The summed E-state index contributed by atoms with van der Waals surface area (Å²) in [7, 11) is 0. The number of likely N-dealkylation sites (tertiary alicyclic amines) is 1. The van der Waals surface area contributed by atoms with Crippen LogP contribution in [0.3, 0.4) is 0 Å². The van der Waals surface area contributed by atoms with E-state index in [2.05, 4.69) is 27.7 Å². The molecule has 4 unspecified atom stereocenters. The molecule has 4 nitrogen and oxygen atoms in total. The molecule has 20 heavy (non-hydrogen) atoms. The van der Waals surface area contributed by atoms with E-state index in [1.165, 1.54) is 0 Å². The lowest BCUT2D eigenvalue weighted by molar-refractivity contribution is -0.150. The molecule has 1 aliphatic heterocycles. The summed E-state index contributed by atoms with van der Waals surface area (Å²) in [5.74, 6) is 0.0432. The highest BCUT2D eigenvalue weighted by molar-refractivity contribution is 5.85. The molecule has 114 valence electrons. The van der Waals surface area contributed by atoms with E-state index in [0.717, 1.165) is 19.3 Å². The fraction of sp³-hybridized carbons (Fsp3) is 0.875. The molecule has 0 aromatic carbocycles. The molecule has 0 radical (unpaired) electrons. The summed E-state index contributed by atoms with van der Waals surface area (Å²) in [4.78, 5) is 25.7. The van der Waals surface area contributed by atoms with Gasteiger partial charge in [-0.3, -0.25) is 4.79 Å². The van der Waals surface area contributed by atoms with Gasteiger partial charge in [0.25, 0.3) is 0 Å². The molecular formula is C16H27NO3. The fourth-order valence-corrected chi connectivity index (χ4v) is 3.56. The average molecular weight is 281 g/mol. The Labute approximate surface area is 121 Å². The molecule has 0 bridgehead atoms. The summed E-state index contributed by atoms with van der Waals surface area (Å²) >= 11 is 0. The summed E-state index contributed by atoms with van der Waals surface area (Å²) in [5.41, 5.74) is 0.0734. The van der Waals surface area contributed by atoms with E-state index in [9.17, 15) is 14.7 Å². The van der Waals surface area contributed by atoms with Gasteiger partial charge >= 0.3 is 5.97 Å². The van der Waals surface area contributed by atoms with Crippen molar-refractivity contribution in [2.75, 3.05) is 6.54 Å². The molecule has 2 aliphatic rings. The van der Waals surface area contributed by atoms with Gasteiger partial charge in [0.1, 0.15) is 6.04 Å². The van der Waals surface area contributed by atoms with Crippen molar-refractivity contribution in [3.8, 4) is 0 Å². The minimum absolute atomic E-state index is 0.0224. The minimum Gasteiger partial charge on any atom is -0.480 e. The van der Waals surface area contributed by atoms with Crippen LogP contribution in [-0.4, -0.2) is 34.5 Å². The Morgan fingerprint density at radius 3 is 2.50 bits per heavy atom. The third kappa shape index (κ3) is 2.84. The smallest absolute Gasteiger partial charge is 0.326 e. The Kier molecular flexibility index (Phi) is 4.12. The molecule has 1 aliphatic carbocycles. The van der Waals surface area contributed by atoms with E-state index in [4.69, 9.17) is 0 Å². The van der Waals surface area contributed by atoms with Crippen LogP contribution in [-0.2, 0) is 9.59 Å². The molecule has 0 spiro atoms. The van der Waals surface area contributed by atoms with E-state index in [1.54, 1.807) is 4.90 Å². The molecule has 1 saturated carbocycles. The van der Waals surface area contributed by atoms with Gasteiger partial charge in [-0.25, -0.2) is 4.79 Å². The van der Waals surface area contributed by atoms with Crippen molar-refractivity contribution in [3.05, 3.63) is 0 Å². The van der Waals surface area contributed by atoms with Crippen LogP contribution in [0, 0.1) is 23.2 Å². The van der Waals surface area contributed by atoms with Crippen LogP contribution < -0.4 is 0 Å². The second-order valence-corrected chi connectivity index (χ2v) is 7.66. The Balaban J connectivity index is 2.07. The highest BCUT2D eigenvalue weighted by atomic mass is 16.4. The lowest BCUT2D eigenvalue weighted by Crippen LogP contribution is -2.44. The van der Waals surface area contributed by atoms with Crippen molar-refractivity contribution >= 4 is 11.9 Å². The Morgan fingerprint density at radius 2 is 1.95 bits per heavy atom. The van der Waals surface area contributed by atoms with E-state index in [-0.39, 0.29) is 23.2 Å². The first-order chi connectivity index (χ1) is 9.21. The van der Waals surface area contributed by atoms with E-state index >= 15 is 0 Å². The molecule has 1 N–H and O–H groups in total. The number of carbonyl (C=O) groups is 2. The zero-order chi connectivity index (χ0) is 15.1. The van der Waals surface area contributed by atoms with Crippen molar-refractivity contribution < 1.29 is 14.7 Å². The number of nitrogens with zero attached hydrogens (tertiary/aromatic N) is 1. The lowest BCUT2D eigenvalue weighted by Gasteiger charge is -2.30. The number of aliphatic carboxylic acids is 1. The average Bonchev–Trinajstić information content (AvgIpc) is 2.85. The number of rotatable bonds is 3. The number of carboxylic acid groups (broad SMARTS) is 1. The van der Waals surface area contributed by atoms with Gasteiger partial charge in [0.05, 0.1) is 0 Å². The monoisotopic (exact) mass is 281 g/mol. The van der Waals surface area contributed by atoms with Crippen LogP contribution in [0.15, 0.2) is 0 Å². The van der Waals surface area contributed by atoms with Gasteiger partial charge in [0, 0.05) is 13.0 Å². The van der Waals surface area contributed by atoms with Gasteiger partial charge in [0.2, 0.25) is 5.91 Å². The van der Waals surface area contributed by atoms with Crippen LogP contribution in [0.25, 0.3) is 0 Å². The standard InChI is InChI=1S/C16H27NO3/c1-10(16(2,3)4)8-13(18)17-9-11-6-5-7-12(11)14(17)15(19)20/h10-12,14H,5-9H2,1-4H3,(H,19,20). The zero-order valence-electron chi connectivity index (χ0n) is 13.1. The van der Waals surface area contributed by atoms with Crippen LogP contribution in [0.1, 0.15) is 53.4 Å². The van der Waals surface area contributed by atoms with Crippen LogP contribution in [0.4, 0.5) is 0 Å². The van der Waals surface area contributed by atoms with E-state index < -0.39 is 12.0 Å². The molecule has 2 rings (SSSR count). The van der Waals surface area contributed by atoms with Gasteiger partial charge in [-0.05, 0) is 36.0 Å². The first-order valence-corrected chi connectivity index (χ1v) is 7.74. The van der Waals surface area contributed by atoms with Crippen LogP contribution in [0.5, 0.6) is 0 Å². The maximum absolute atomic E-state index is 12.5. The molecule has 0 aromatic rings. The van der Waals surface area contributed by atoms with E-state index in [0.29, 0.717) is 18.9 Å². The topological polar surface area (TPSA) is 57.6 Å². The fourth-order valence-electron chi connectivity index (χ4n) is 3.56. The van der Waals surface area contributed by atoms with Gasteiger partial charge in [0.15, 0.2) is 0 Å². The highest BCUT2D eigenvalue weighted by Gasteiger charge is 2.49. The van der Waals surface area contributed by atoms with Crippen molar-refractivity contribution in [3.63, 3.8) is 0 Å². The summed E-state index contributed by atoms with van der Waals surface area (Å²) in [6.45, 7) is 9.09. The number of carbonyl (C=O) groups excluding carboxylic acids is 1. The minimum atomic E-state index is -0.823. The van der Waals surface area contributed by atoms with Gasteiger partial charge < -0.3 is 10.0 Å². The lowest BCUT2D eigenvalue weighted by atomic mass is 9.80. The SMILES string of the molecule is CC(CC(=O)N1CC2CCCC2C1C(=O)O)C(C)(C)C. The quantitative estimate of drug-likeness (QED) is 0.865. The first-order valence-electron chi connectivity index (χ1n) is 7.74. The number of hydrogen-bond acceptors (Lipinski definition) is 2. The highest BCUT2D eigenvalue weighted by Crippen LogP contribution is 2.43. The Hall–Kier alpha value is -1.06. The molecule has 1 amide bonds. The summed E-state index contributed by atoms with van der Waals surface area (Å²) in [6, 6.07) is -0.581. The molecule has 1 saturated heterocycles. The van der Waals surface area contributed by atoms with Gasteiger partial charge in [-0.2, -0.15) is 0 Å². The molecule has 1 heterocycles. The Bertz CT molecular complexity index is 399. The number of hydrogen-bond donors (Lipinski definition) is 1. The summed E-state index contributed by atoms with van der Waals surface area (Å²) in [5, 5.41) is 9.48. The van der Waals surface area contributed by atoms with Gasteiger partial charge in [-0.15, -0.1) is 0 Å². The molecule has 2 fully saturated rings. The van der Waals surface area contributed by atoms with Gasteiger partial charge in [-0.1, -0.05) is 34.1 Å². The zero-order valence-corrected chi connectivity index (χ0v) is 13.1. The second-order valence-electron chi connectivity index (χ2n) is 7.66. The van der Waals surface area contributed by atoms with E-state index in [1.807, 2.05) is 0 Å². The van der Waals surface area contributed by atoms with Crippen LogP contribution >= 0.6 is 0 Å². The second kappa shape index (κ2) is 5.38. The summed E-state index contributed by atoms with van der Waals surface area (Å²) in [6.07, 6.45) is 3.60. The Morgan fingerprint density at radius 1 is 1.30 bits per heavy atom. The van der Waals surface area contributed by atoms with Crippen molar-refractivity contribution in [2.45, 2.75) is 59.4 Å². The molecule has 4 atom stereocenters. The summed E-state index contributed by atoms with van der Waals surface area (Å²) < 4.78 is 0. The predicted octanol–water partition coefficient (Wildman–Crippen LogP) is 2.77. The molecule has 4 heteroatoms. The maximum Gasteiger partial charge on any atom is 0.326 e. The van der Waals surface area contributed by atoms with Crippen LogP contribution in [0.2, 0.25) is 0 Å². The third-order valence-electron chi connectivity index (χ3n) is 5.42. The largest absolute Gasteiger partial charge is 0.480 e. The third-order valence-corrected chi connectivity index (χ3v) is 5.42. The van der Waals surface area contributed by atoms with Crippen molar-refractivity contribution in [2.24, 2.45) is 23.2 Å². The first kappa shape index (κ1) is 15.3. The number of fused-ring (bicyclic) bond motifs is 1. The maximum atomic E-state index is 12.5. The normalized spacial score (nSPS) is 31.2.